The van der Waals surface area contributed by atoms with Gasteiger partial charge in [0.05, 0.1) is 26.1 Å². The molecule has 0 bridgehead atoms. The van der Waals surface area contributed by atoms with Gasteiger partial charge in [-0.15, -0.1) is 0 Å². The summed E-state index contributed by atoms with van der Waals surface area (Å²) in [7, 11) is 2.93. The van der Waals surface area contributed by atoms with Gasteiger partial charge in [0.25, 0.3) is 5.91 Å². The third-order valence-corrected chi connectivity index (χ3v) is 4.82. The van der Waals surface area contributed by atoms with Crippen molar-refractivity contribution in [3.63, 3.8) is 0 Å². The molecule has 0 saturated carbocycles. The molecule has 0 aromatic heterocycles. The summed E-state index contributed by atoms with van der Waals surface area (Å²) in [5.74, 6) is -0.763. The Kier molecular flexibility index (Phi) is 9.40. The molecule has 0 aliphatic carbocycles. The Morgan fingerprint density at radius 1 is 0.861 bits per heavy atom. The van der Waals surface area contributed by atoms with Crippen LogP contribution in [0.15, 0.2) is 77.9 Å². The van der Waals surface area contributed by atoms with E-state index in [-0.39, 0.29) is 18.2 Å². The number of anilines is 1. The fraction of sp³-hybridized carbons (Fsp3) is 0.154. The summed E-state index contributed by atoms with van der Waals surface area (Å²) in [5.41, 5.74) is 4.09. The van der Waals surface area contributed by atoms with Gasteiger partial charge in [0.1, 0.15) is 17.2 Å². The predicted molar refractivity (Wildman–Crippen MR) is 134 cm³/mol. The van der Waals surface area contributed by atoms with Gasteiger partial charge in [-0.05, 0) is 47.5 Å². The first-order valence-corrected chi connectivity index (χ1v) is 10.9. The number of ether oxygens (including phenoxy) is 3. The van der Waals surface area contributed by atoms with E-state index in [1.165, 1.54) is 26.5 Å². The summed E-state index contributed by atoms with van der Waals surface area (Å²) in [6.45, 7) is 0.304. The smallest absolute Gasteiger partial charge is 0.329 e. The zero-order valence-corrected chi connectivity index (χ0v) is 19.8. The quantitative estimate of drug-likeness (QED) is 0.228. The van der Waals surface area contributed by atoms with E-state index in [2.05, 4.69) is 21.2 Å². The minimum Gasteiger partial charge on any atom is -0.497 e. The van der Waals surface area contributed by atoms with Crippen LogP contribution in [-0.2, 0) is 20.9 Å². The lowest BCUT2D eigenvalue weighted by Crippen LogP contribution is -2.32. The summed E-state index contributed by atoms with van der Waals surface area (Å²) in [4.78, 5) is 36.2. The first-order chi connectivity index (χ1) is 17.5. The van der Waals surface area contributed by atoms with Gasteiger partial charge in [-0.1, -0.05) is 30.3 Å². The van der Waals surface area contributed by atoms with Crippen molar-refractivity contribution >= 4 is 29.6 Å². The molecule has 36 heavy (non-hydrogen) atoms. The van der Waals surface area contributed by atoms with Crippen LogP contribution in [0.1, 0.15) is 11.1 Å². The second kappa shape index (κ2) is 13.1. The van der Waals surface area contributed by atoms with Gasteiger partial charge in [-0.2, -0.15) is 5.10 Å². The highest BCUT2D eigenvalue weighted by molar-refractivity contribution is 6.39. The number of hydrogen-bond donors (Lipinski definition) is 3. The second-order valence-corrected chi connectivity index (χ2v) is 7.34. The van der Waals surface area contributed by atoms with Crippen molar-refractivity contribution < 1.29 is 28.6 Å². The number of nitrogens with zero attached hydrogens (tertiary/aromatic N) is 1. The molecule has 3 aromatic rings. The molecule has 3 aromatic carbocycles. The Balaban J connectivity index is 1.43. The van der Waals surface area contributed by atoms with Crippen LogP contribution in [0.5, 0.6) is 17.2 Å². The van der Waals surface area contributed by atoms with Gasteiger partial charge in [-0.3, -0.25) is 14.4 Å². The summed E-state index contributed by atoms with van der Waals surface area (Å²) in [5, 5.41) is 9.03. The molecule has 0 aliphatic rings. The molecule has 0 aliphatic heterocycles. The molecule has 0 heterocycles. The highest BCUT2D eigenvalue weighted by atomic mass is 16.5. The van der Waals surface area contributed by atoms with Crippen molar-refractivity contribution in [2.75, 3.05) is 26.1 Å². The first-order valence-electron chi connectivity index (χ1n) is 10.9. The van der Waals surface area contributed by atoms with E-state index >= 15 is 0 Å². The molecule has 3 amide bonds. The number of hydrogen-bond acceptors (Lipinski definition) is 7. The number of carbonyl (C=O) groups excluding carboxylic acids is 3. The van der Waals surface area contributed by atoms with Gasteiger partial charge < -0.3 is 24.8 Å². The number of hydrazone groups is 1. The van der Waals surface area contributed by atoms with Crippen molar-refractivity contribution in [1.29, 1.82) is 0 Å². The molecule has 0 radical (unpaired) electrons. The van der Waals surface area contributed by atoms with E-state index in [0.717, 1.165) is 5.56 Å². The molecule has 10 heteroatoms. The lowest BCUT2D eigenvalue weighted by atomic mass is 10.2. The van der Waals surface area contributed by atoms with Crippen LogP contribution >= 0.6 is 0 Å². The Bertz CT molecular complexity index is 1210. The number of carbonyl (C=O) groups is 3. The summed E-state index contributed by atoms with van der Waals surface area (Å²) < 4.78 is 15.8. The van der Waals surface area contributed by atoms with Gasteiger partial charge in [0, 0.05) is 12.6 Å². The highest BCUT2D eigenvalue weighted by Crippen LogP contribution is 2.28. The number of nitrogens with one attached hydrogen (secondary N) is 3. The maximum atomic E-state index is 12.2. The molecule has 186 valence electrons. The lowest BCUT2D eigenvalue weighted by Gasteiger charge is -2.11. The van der Waals surface area contributed by atoms with Crippen molar-refractivity contribution in [1.82, 2.24) is 10.7 Å². The van der Waals surface area contributed by atoms with E-state index in [1.54, 1.807) is 36.4 Å². The minimum absolute atomic E-state index is 0.122. The van der Waals surface area contributed by atoms with E-state index in [4.69, 9.17) is 14.2 Å². The molecule has 0 saturated heterocycles. The monoisotopic (exact) mass is 490 g/mol. The molecule has 10 nitrogen and oxygen atoms in total. The maximum absolute atomic E-state index is 12.2. The van der Waals surface area contributed by atoms with Crippen LogP contribution in [0.25, 0.3) is 0 Å². The third kappa shape index (κ3) is 7.87. The van der Waals surface area contributed by atoms with Crippen LogP contribution < -0.4 is 30.3 Å². The number of benzene rings is 3. The fourth-order valence-corrected chi connectivity index (χ4v) is 2.95. The molecular formula is C26H26N4O6. The summed E-state index contributed by atoms with van der Waals surface area (Å²) in [6, 6.07) is 21.1. The lowest BCUT2D eigenvalue weighted by molar-refractivity contribution is -0.136. The van der Waals surface area contributed by atoms with E-state index < -0.39 is 11.8 Å². The topological polar surface area (TPSA) is 127 Å². The average molecular weight is 491 g/mol. The molecule has 0 atom stereocenters. The van der Waals surface area contributed by atoms with Crippen molar-refractivity contribution in [2.45, 2.75) is 6.54 Å². The normalized spacial score (nSPS) is 10.4. The number of methoxy groups -OCH3 is 2. The second-order valence-electron chi connectivity index (χ2n) is 7.34. The molecule has 0 fully saturated rings. The fourth-order valence-electron chi connectivity index (χ4n) is 2.95. The van der Waals surface area contributed by atoms with Gasteiger partial charge in [0.2, 0.25) is 0 Å². The summed E-state index contributed by atoms with van der Waals surface area (Å²) >= 11 is 0. The zero-order chi connectivity index (χ0) is 25.8. The van der Waals surface area contributed by atoms with Gasteiger partial charge in [-0.25, -0.2) is 5.43 Å². The minimum atomic E-state index is -0.961. The molecular weight excluding hydrogens is 464 g/mol. The molecule has 3 N–H and O–H groups in total. The van der Waals surface area contributed by atoms with Crippen molar-refractivity contribution in [3.05, 3.63) is 83.9 Å². The maximum Gasteiger partial charge on any atom is 0.329 e. The van der Waals surface area contributed by atoms with E-state index in [9.17, 15) is 14.4 Å². The Hall–Kier alpha value is -4.86. The Morgan fingerprint density at radius 3 is 2.28 bits per heavy atom. The molecule has 0 spiro atoms. The standard InChI is InChI=1S/C26H26N4O6/c1-34-21-12-13-23(35-2)22(14-21)29-25(32)26(33)30-28-16-19-8-10-20(11-9-19)36-17-24(31)27-15-18-6-4-3-5-7-18/h3-14,16H,15,17H2,1-2H3,(H,27,31)(H,29,32)(H,30,33)/b28-16-. The largest absolute Gasteiger partial charge is 0.497 e. The van der Waals surface area contributed by atoms with Gasteiger partial charge in [0.15, 0.2) is 6.61 Å². The Morgan fingerprint density at radius 2 is 1.58 bits per heavy atom. The third-order valence-electron chi connectivity index (χ3n) is 4.82. The van der Waals surface area contributed by atoms with Crippen molar-refractivity contribution in [2.24, 2.45) is 5.10 Å². The summed E-state index contributed by atoms with van der Waals surface area (Å²) in [6.07, 6.45) is 1.37. The molecule has 3 rings (SSSR count). The Labute approximate surface area is 208 Å². The number of rotatable bonds is 10. The van der Waals surface area contributed by atoms with E-state index in [1.807, 2.05) is 30.3 Å². The SMILES string of the molecule is COc1ccc(OC)c(NC(=O)C(=O)N/N=C\c2ccc(OCC(=O)NCc3ccccc3)cc2)c1. The first kappa shape index (κ1) is 25.8. The van der Waals surface area contributed by atoms with Crippen LogP contribution in [0.4, 0.5) is 5.69 Å². The van der Waals surface area contributed by atoms with Crippen LogP contribution in [0, 0.1) is 0 Å². The average Bonchev–Trinajstić information content (AvgIpc) is 2.91. The predicted octanol–water partition coefficient (Wildman–Crippen LogP) is 2.49. The van der Waals surface area contributed by atoms with Crippen molar-refractivity contribution in [3.8, 4) is 17.2 Å². The zero-order valence-electron chi connectivity index (χ0n) is 19.8. The molecule has 0 unspecified atom stereocenters. The van der Waals surface area contributed by atoms with Crippen LogP contribution in [0.3, 0.4) is 0 Å². The number of amides is 3. The van der Waals surface area contributed by atoms with Gasteiger partial charge >= 0.3 is 11.8 Å². The highest BCUT2D eigenvalue weighted by Gasteiger charge is 2.16. The van der Waals surface area contributed by atoms with Crippen LogP contribution in [0.2, 0.25) is 0 Å². The van der Waals surface area contributed by atoms with Crippen LogP contribution in [-0.4, -0.2) is 44.8 Å². The van der Waals surface area contributed by atoms with E-state index in [0.29, 0.717) is 29.4 Å².